The molecule has 23 heavy (non-hydrogen) atoms. The smallest absolute Gasteiger partial charge is 0.342 e. The lowest BCUT2D eigenvalue weighted by Crippen LogP contribution is -2.63. The van der Waals surface area contributed by atoms with Crippen LogP contribution in [-0.2, 0) is 13.0 Å². The SMILES string of the molecule is OC1=[NH+]c2ccc3c(c2C1)OC(C=NCc1ccccc1)CO3. The second kappa shape index (κ2) is 5.76. The van der Waals surface area contributed by atoms with Gasteiger partial charge in [0, 0.05) is 12.3 Å². The molecule has 2 heterocycles. The first-order valence-electron chi connectivity index (χ1n) is 7.60. The van der Waals surface area contributed by atoms with Gasteiger partial charge in [-0.3, -0.25) is 4.99 Å². The maximum atomic E-state index is 9.67. The van der Waals surface area contributed by atoms with Crippen LogP contribution in [0.15, 0.2) is 47.5 Å². The summed E-state index contributed by atoms with van der Waals surface area (Å²) in [6.07, 6.45) is 2.01. The molecule has 2 aromatic carbocycles. The number of nitrogens with one attached hydrogen (secondary N) is 1. The first kappa shape index (κ1) is 13.8. The van der Waals surface area contributed by atoms with Gasteiger partial charge in [0.2, 0.25) is 5.69 Å². The number of ether oxygens (including phenoxy) is 2. The van der Waals surface area contributed by atoms with E-state index in [0.717, 1.165) is 16.8 Å². The average molecular weight is 309 g/mol. The highest BCUT2D eigenvalue weighted by atomic mass is 16.6. The number of fused-ring (bicyclic) bond motifs is 3. The van der Waals surface area contributed by atoms with Crippen molar-refractivity contribution >= 4 is 17.8 Å². The fourth-order valence-corrected chi connectivity index (χ4v) is 2.80. The highest BCUT2D eigenvalue weighted by Crippen LogP contribution is 2.39. The Bertz CT molecular complexity index is 784. The second-order valence-corrected chi connectivity index (χ2v) is 5.61. The summed E-state index contributed by atoms with van der Waals surface area (Å²) in [6.45, 7) is 1.06. The molecular formula is C18H17N2O3+. The van der Waals surface area contributed by atoms with E-state index in [-0.39, 0.29) is 12.0 Å². The van der Waals surface area contributed by atoms with E-state index in [1.807, 2.05) is 42.5 Å². The molecule has 2 aliphatic rings. The number of aliphatic hydroxyl groups is 1. The lowest BCUT2D eigenvalue weighted by molar-refractivity contribution is -0.361. The van der Waals surface area contributed by atoms with Crippen molar-refractivity contribution in [1.29, 1.82) is 0 Å². The van der Waals surface area contributed by atoms with Gasteiger partial charge in [-0.2, -0.15) is 4.99 Å². The van der Waals surface area contributed by atoms with Crippen LogP contribution >= 0.6 is 0 Å². The first-order chi connectivity index (χ1) is 11.3. The van der Waals surface area contributed by atoms with E-state index < -0.39 is 0 Å². The molecule has 0 amide bonds. The standard InChI is InChI=1S/C18H16N2O3/c21-17-8-14-15(20-17)6-7-16-18(14)23-13(11-22-16)10-19-9-12-4-2-1-3-5-12/h1-7,10,13H,8-9,11H2,(H,20,21)/p+1. The van der Waals surface area contributed by atoms with Gasteiger partial charge in [-0.1, -0.05) is 30.3 Å². The minimum absolute atomic E-state index is 0.222. The van der Waals surface area contributed by atoms with Crippen LogP contribution in [0.25, 0.3) is 0 Å². The van der Waals surface area contributed by atoms with E-state index in [9.17, 15) is 5.11 Å². The van der Waals surface area contributed by atoms with Crippen molar-refractivity contribution in [1.82, 2.24) is 0 Å². The van der Waals surface area contributed by atoms with Crippen LogP contribution < -0.4 is 14.5 Å². The third-order valence-corrected chi connectivity index (χ3v) is 3.91. The Labute approximate surface area is 133 Å². The van der Waals surface area contributed by atoms with Crippen LogP contribution in [0.5, 0.6) is 11.5 Å². The summed E-state index contributed by atoms with van der Waals surface area (Å²) in [6, 6.07) is 13.8. The molecule has 1 unspecified atom stereocenters. The van der Waals surface area contributed by atoms with Crippen LogP contribution in [0.3, 0.4) is 0 Å². The monoisotopic (exact) mass is 309 g/mol. The van der Waals surface area contributed by atoms with Gasteiger partial charge in [-0.05, 0) is 11.6 Å². The van der Waals surface area contributed by atoms with Crippen molar-refractivity contribution in [3.8, 4) is 11.5 Å². The molecule has 4 rings (SSSR count). The fourth-order valence-electron chi connectivity index (χ4n) is 2.80. The minimum atomic E-state index is -0.222. The molecule has 116 valence electrons. The van der Waals surface area contributed by atoms with Crippen molar-refractivity contribution in [3.05, 3.63) is 53.6 Å². The van der Waals surface area contributed by atoms with E-state index in [2.05, 4.69) is 9.98 Å². The minimum Gasteiger partial charge on any atom is -0.485 e. The summed E-state index contributed by atoms with van der Waals surface area (Å²) in [4.78, 5) is 7.38. The summed E-state index contributed by atoms with van der Waals surface area (Å²) >= 11 is 0. The zero-order chi connectivity index (χ0) is 15.6. The van der Waals surface area contributed by atoms with Gasteiger partial charge in [-0.25, -0.2) is 0 Å². The molecular weight excluding hydrogens is 292 g/mol. The summed E-state index contributed by atoms with van der Waals surface area (Å²) in [5.41, 5.74) is 2.96. The fraction of sp³-hybridized carbons (Fsp3) is 0.222. The molecule has 0 saturated heterocycles. The highest BCUT2D eigenvalue weighted by Gasteiger charge is 2.31. The maximum absolute atomic E-state index is 9.67. The maximum Gasteiger partial charge on any atom is 0.342 e. The molecule has 2 aliphatic heterocycles. The second-order valence-electron chi connectivity index (χ2n) is 5.61. The van der Waals surface area contributed by atoms with Crippen LogP contribution in [-0.4, -0.2) is 29.9 Å². The van der Waals surface area contributed by atoms with Crippen molar-refractivity contribution in [2.24, 2.45) is 4.99 Å². The Morgan fingerprint density at radius 2 is 2.09 bits per heavy atom. The van der Waals surface area contributed by atoms with E-state index in [4.69, 9.17) is 9.47 Å². The molecule has 0 radical (unpaired) electrons. The van der Waals surface area contributed by atoms with E-state index in [1.54, 1.807) is 6.21 Å². The molecule has 0 aromatic heterocycles. The Morgan fingerprint density at radius 1 is 1.22 bits per heavy atom. The number of hydrogen-bond acceptors (Lipinski definition) is 3. The molecule has 0 aliphatic carbocycles. The predicted molar refractivity (Wildman–Crippen MR) is 87.0 cm³/mol. The van der Waals surface area contributed by atoms with Crippen molar-refractivity contribution < 1.29 is 19.6 Å². The summed E-state index contributed by atoms with van der Waals surface area (Å²) in [7, 11) is 0. The zero-order valence-corrected chi connectivity index (χ0v) is 12.5. The van der Waals surface area contributed by atoms with E-state index >= 15 is 0 Å². The van der Waals surface area contributed by atoms with Crippen LogP contribution in [0, 0.1) is 0 Å². The molecule has 0 saturated carbocycles. The van der Waals surface area contributed by atoms with Crippen LogP contribution in [0.4, 0.5) is 5.69 Å². The summed E-state index contributed by atoms with van der Waals surface area (Å²) in [5, 5.41) is 9.67. The van der Waals surface area contributed by atoms with Crippen molar-refractivity contribution in [2.45, 2.75) is 19.1 Å². The van der Waals surface area contributed by atoms with Gasteiger partial charge >= 0.3 is 5.90 Å². The van der Waals surface area contributed by atoms with Gasteiger partial charge in [0.15, 0.2) is 17.6 Å². The number of hydrogen-bond donors (Lipinski definition) is 2. The van der Waals surface area contributed by atoms with Gasteiger partial charge in [-0.15, -0.1) is 0 Å². The van der Waals surface area contributed by atoms with Crippen molar-refractivity contribution in [2.75, 3.05) is 6.61 Å². The quantitative estimate of drug-likeness (QED) is 0.841. The van der Waals surface area contributed by atoms with Gasteiger partial charge in [0.25, 0.3) is 0 Å². The van der Waals surface area contributed by atoms with E-state index in [0.29, 0.717) is 31.1 Å². The van der Waals surface area contributed by atoms with Crippen LogP contribution in [0.2, 0.25) is 0 Å². The zero-order valence-electron chi connectivity index (χ0n) is 12.5. The normalized spacial score (nSPS) is 18.8. The largest absolute Gasteiger partial charge is 0.485 e. The molecule has 2 aromatic rings. The van der Waals surface area contributed by atoms with Gasteiger partial charge < -0.3 is 14.6 Å². The van der Waals surface area contributed by atoms with Crippen LogP contribution in [0.1, 0.15) is 11.1 Å². The lowest BCUT2D eigenvalue weighted by Gasteiger charge is -2.25. The third kappa shape index (κ3) is 2.77. The molecule has 0 bridgehead atoms. The molecule has 0 spiro atoms. The number of aliphatic hydroxyl groups excluding tert-OH is 1. The molecule has 2 N–H and O–H groups in total. The Kier molecular flexibility index (Phi) is 3.46. The lowest BCUT2D eigenvalue weighted by atomic mass is 10.1. The highest BCUT2D eigenvalue weighted by molar-refractivity contribution is 5.80. The number of benzene rings is 2. The van der Waals surface area contributed by atoms with Gasteiger partial charge in [0.05, 0.1) is 12.1 Å². The van der Waals surface area contributed by atoms with Crippen molar-refractivity contribution in [3.63, 3.8) is 0 Å². The number of aliphatic imine (C=N–C) groups is 1. The third-order valence-electron chi connectivity index (χ3n) is 3.91. The number of nitrogens with zero attached hydrogens (tertiary/aromatic N) is 1. The number of rotatable bonds is 3. The Morgan fingerprint density at radius 3 is 2.96 bits per heavy atom. The topological polar surface area (TPSA) is 65.0 Å². The summed E-state index contributed by atoms with van der Waals surface area (Å²) in [5.74, 6) is 1.64. The predicted octanol–water partition coefficient (Wildman–Crippen LogP) is 1.32. The molecule has 0 fully saturated rings. The molecule has 5 heteroatoms. The van der Waals surface area contributed by atoms with Gasteiger partial charge in [0.1, 0.15) is 13.0 Å². The Balaban J connectivity index is 1.48. The van der Waals surface area contributed by atoms with E-state index in [1.165, 1.54) is 0 Å². The molecule has 1 atom stereocenters. The summed E-state index contributed by atoms with van der Waals surface area (Å²) < 4.78 is 11.8. The Hall–Kier alpha value is -2.82. The molecule has 5 nitrogen and oxygen atoms in total. The first-order valence-corrected chi connectivity index (χ1v) is 7.60. The average Bonchev–Trinajstić information content (AvgIpc) is 2.97.